The molecule has 18 nitrogen and oxygen atoms in total. The van der Waals surface area contributed by atoms with Gasteiger partial charge in [0.1, 0.15) is 48.1 Å². The number of carbonyl (C=O) groups is 8. The Hall–Kier alpha value is -5.91. The highest BCUT2D eigenvalue weighted by Crippen LogP contribution is 2.69. The van der Waals surface area contributed by atoms with Crippen molar-refractivity contribution in [3.05, 3.63) is 65.5 Å². The number of ether oxygens (including phenoxy) is 9. The number of aryl methyl sites for hydroxylation is 1. The van der Waals surface area contributed by atoms with Gasteiger partial charge >= 0.3 is 47.8 Å². The van der Waals surface area contributed by atoms with Gasteiger partial charge in [-0.25, -0.2) is 9.59 Å². The number of hydrogen-bond acceptors (Lipinski definition) is 18. The summed E-state index contributed by atoms with van der Waals surface area (Å²) >= 11 is 0. The number of aromatic nitrogens is 1. The van der Waals surface area contributed by atoms with E-state index < -0.39 is 132 Å². The van der Waals surface area contributed by atoms with Gasteiger partial charge in [-0.3, -0.25) is 33.8 Å². The molecule has 12 atom stereocenters. The molecule has 0 amide bonds. The van der Waals surface area contributed by atoms with E-state index in [1.807, 2.05) is 0 Å². The van der Waals surface area contributed by atoms with Crippen molar-refractivity contribution in [2.75, 3.05) is 13.2 Å². The number of cyclic esters (lactones) is 1. The van der Waals surface area contributed by atoms with E-state index in [0.717, 1.165) is 34.6 Å². The highest BCUT2D eigenvalue weighted by Gasteiger charge is 2.88. The van der Waals surface area contributed by atoms with Crippen LogP contribution in [-0.2, 0) is 77.8 Å². The van der Waals surface area contributed by atoms with Crippen molar-refractivity contribution in [2.45, 2.75) is 116 Å². The Labute approximate surface area is 351 Å². The predicted octanol–water partition coefficient (Wildman–Crippen LogP) is 3.04. The fourth-order valence-electron chi connectivity index (χ4n) is 9.72. The zero-order valence-corrected chi connectivity index (χ0v) is 35.0. The summed E-state index contributed by atoms with van der Waals surface area (Å²) in [5, 5.41) is 0. The van der Waals surface area contributed by atoms with Crippen molar-refractivity contribution >= 4 is 47.8 Å². The van der Waals surface area contributed by atoms with Crippen LogP contribution in [-0.4, -0.2) is 114 Å². The van der Waals surface area contributed by atoms with Gasteiger partial charge in [-0.1, -0.05) is 32.0 Å². The quantitative estimate of drug-likeness (QED) is 0.274. The lowest BCUT2D eigenvalue weighted by atomic mass is 9.46. The maximum atomic E-state index is 14.4. The number of pyridine rings is 1. The number of rotatable bonds is 8. The predicted molar refractivity (Wildman–Crippen MR) is 204 cm³/mol. The van der Waals surface area contributed by atoms with E-state index in [1.54, 1.807) is 25.1 Å². The van der Waals surface area contributed by atoms with Crippen LogP contribution in [0.2, 0.25) is 0 Å². The van der Waals surface area contributed by atoms with Crippen LogP contribution in [0.15, 0.2) is 48.7 Å². The van der Waals surface area contributed by atoms with Gasteiger partial charge in [0, 0.05) is 46.7 Å². The van der Waals surface area contributed by atoms with Gasteiger partial charge in [0.2, 0.25) is 0 Å². The second kappa shape index (κ2) is 17.2. The molecule has 1 spiro atoms. The molecule has 61 heavy (non-hydrogen) atoms. The lowest BCUT2D eigenvalue weighted by Gasteiger charge is -2.65. The molecule has 0 N–H and O–H groups in total. The summed E-state index contributed by atoms with van der Waals surface area (Å²) in [6, 6.07) is 10.7. The normalized spacial score (nSPS) is 34.1. The minimum atomic E-state index is -2.37. The molecular weight excluding hydrogens is 802 g/mol. The number of esters is 8. The fraction of sp³-hybridized carbons (Fsp3) is 0.558. The van der Waals surface area contributed by atoms with Crippen LogP contribution in [0.25, 0.3) is 0 Å². The van der Waals surface area contributed by atoms with Crippen molar-refractivity contribution in [3.63, 3.8) is 0 Å². The van der Waals surface area contributed by atoms with E-state index in [4.69, 9.17) is 42.6 Å². The van der Waals surface area contributed by atoms with Crippen LogP contribution >= 0.6 is 0 Å². The molecule has 18 heteroatoms. The molecule has 0 unspecified atom stereocenters. The Morgan fingerprint density at radius 3 is 1.97 bits per heavy atom. The third kappa shape index (κ3) is 8.04. The minimum absolute atomic E-state index is 0.0383. The first-order chi connectivity index (χ1) is 28.8. The van der Waals surface area contributed by atoms with Crippen molar-refractivity contribution in [1.82, 2.24) is 4.98 Å². The number of nitrogens with zero attached hydrogens (tertiary/aromatic N) is 1. The van der Waals surface area contributed by atoms with E-state index in [1.165, 1.54) is 44.3 Å². The monoisotopic (exact) mass is 851 g/mol. The molecule has 0 radical (unpaired) electrons. The van der Waals surface area contributed by atoms with Gasteiger partial charge in [0.15, 0.2) is 18.3 Å². The molecule has 1 aromatic heterocycles. The molecule has 1 aromatic carbocycles. The average Bonchev–Trinajstić information content (AvgIpc) is 3.41. The van der Waals surface area contributed by atoms with E-state index in [2.05, 4.69) is 4.98 Å². The second-order valence-electron chi connectivity index (χ2n) is 16.2. The molecule has 4 aliphatic rings. The molecule has 3 fully saturated rings. The van der Waals surface area contributed by atoms with E-state index >= 15 is 0 Å². The van der Waals surface area contributed by atoms with Gasteiger partial charge in [-0.05, 0) is 44.0 Å². The largest absolute Gasteiger partial charge is 0.465 e. The summed E-state index contributed by atoms with van der Waals surface area (Å²) in [5.41, 5.74) is -6.09. The van der Waals surface area contributed by atoms with Gasteiger partial charge in [-0.2, -0.15) is 0 Å². The first kappa shape index (κ1) is 44.6. The second-order valence-corrected chi connectivity index (χ2v) is 16.2. The van der Waals surface area contributed by atoms with E-state index in [0.29, 0.717) is 5.69 Å². The molecule has 6 rings (SSSR count). The number of carbonyl (C=O) groups excluding carboxylic acids is 8. The molecule has 2 aromatic rings. The molecule has 2 saturated carbocycles. The van der Waals surface area contributed by atoms with Crippen molar-refractivity contribution in [1.29, 1.82) is 0 Å². The average molecular weight is 852 g/mol. The topological polar surface area (TPSA) is 233 Å². The van der Waals surface area contributed by atoms with Crippen molar-refractivity contribution < 1.29 is 81.0 Å². The van der Waals surface area contributed by atoms with Crippen LogP contribution < -0.4 is 0 Å². The summed E-state index contributed by atoms with van der Waals surface area (Å²) in [7, 11) is 0. The summed E-state index contributed by atoms with van der Waals surface area (Å²) < 4.78 is 56.1. The summed E-state index contributed by atoms with van der Waals surface area (Å²) in [4.78, 5) is 113. The summed E-state index contributed by atoms with van der Waals surface area (Å²) in [5.74, 6) is -10.9. The molecule has 2 aliphatic heterocycles. The van der Waals surface area contributed by atoms with Gasteiger partial charge in [0.05, 0.1) is 28.7 Å². The number of fused-ring (bicyclic) bond motifs is 5. The van der Waals surface area contributed by atoms with E-state index in [-0.39, 0.29) is 24.0 Å². The zero-order valence-electron chi connectivity index (χ0n) is 35.0. The van der Waals surface area contributed by atoms with Crippen LogP contribution in [0.5, 0.6) is 0 Å². The lowest BCUT2D eigenvalue weighted by molar-refractivity contribution is -0.348. The minimum Gasteiger partial charge on any atom is -0.465 e. The fourth-order valence-corrected chi connectivity index (χ4v) is 9.72. The highest BCUT2D eigenvalue weighted by atomic mass is 16.7. The van der Waals surface area contributed by atoms with Crippen LogP contribution in [0.4, 0.5) is 0 Å². The van der Waals surface area contributed by atoms with Crippen molar-refractivity contribution in [3.8, 4) is 0 Å². The van der Waals surface area contributed by atoms with E-state index in [9.17, 15) is 38.4 Å². The maximum Gasteiger partial charge on any atom is 0.340 e. The molecule has 2 aliphatic carbocycles. The molecule has 3 heterocycles. The maximum absolute atomic E-state index is 14.4. The standard InChI is InChI=1S/C43H49NO17/c1-21-16-17-30-29(15-12-18-44-30)40(52)54-19-41(8)31-33(55-24(4)46)36(57-26(6)48)42(20-53-23(3)45)37(58-27(7)49)34(60-39(51)28-13-10-9-11-14-28)32(59-38(21)50)22(2)43(42,61-41)35(31)56-25(5)47/h9-15,18,21-22,31-37H,16-17,19-20H2,1-8H3/t21-,22+,31-,32+,33+,34+,35-,36-,37-,41+,42-,43-/m1/s1. The Morgan fingerprint density at radius 2 is 1.36 bits per heavy atom. The Bertz CT molecular complexity index is 2090. The van der Waals surface area contributed by atoms with Gasteiger partial charge < -0.3 is 42.6 Å². The summed E-state index contributed by atoms with van der Waals surface area (Å²) in [6.45, 7) is 8.38. The number of hydrogen-bond donors (Lipinski definition) is 0. The highest BCUT2D eigenvalue weighted by molar-refractivity contribution is 5.91. The molecular formula is C43H49NO17. The van der Waals surface area contributed by atoms with Crippen LogP contribution in [0.3, 0.4) is 0 Å². The molecule has 1 saturated heterocycles. The first-order valence-corrected chi connectivity index (χ1v) is 19.9. The third-order valence-corrected chi connectivity index (χ3v) is 12.1. The van der Waals surface area contributed by atoms with Gasteiger partial charge in [0.25, 0.3) is 0 Å². The van der Waals surface area contributed by atoms with Crippen LogP contribution in [0, 0.1) is 23.2 Å². The zero-order chi connectivity index (χ0) is 44.6. The smallest absolute Gasteiger partial charge is 0.340 e. The Morgan fingerprint density at radius 1 is 0.754 bits per heavy atom. The lowest BCUT2D eigenvalue weighted by Crippen LogP contribution is -2.84. The van der Waals surface area contributed by atoms with Crippen LogP contribution in [0.1, 0.15) is 88.2 Å². The van der Waals surface area contributed by atoms with Crippen molar-refractivity contribution in [2.24, 2.45) is 23.2 Å². The first-order valence-electron chi connectivity index (χ1n) is 19.9. The Balaban J connectivity index is 1.74. The number of benzene rings is 1. The summed E-state index contributed by atoms with van der Waals surface area (Å²) in [6.07, 6.45) is -8.90. The van der Waals surface area contributed by atoms with Gasteiger partial charge in [-0.15, -0.1) is 0 Å². The third-order valence-electron chi connectivity index (χ3n) is 12.1. The molecule has 328 valence electrons. The molecule has 4 bridgehead atoms. The Kier molecular flexibility index (Phi) is 12.6. The SMILES string of the molecule is CC(=O)OC[C@@]12[C@H](OC(C)=O)[C@@H](OC(=O)c3ccccc3)[C@H]3OC(=O)[C@H](C)CCc4ncccc4C(=O)OC[C@]4(C)O[C@@]1([C@H](OC(C)=O)[C@H]4[C@H](OC(C)=O)[C@H]2OC(C)=O)[C@H]3C.